The molecule has 2 N–H and O–H groups in total. The lowest BCUT2D eigenvalue weighted by atomic mass is 9.96. The highest BCUT2D eigenvalue weighted by Crippen LogP contribution is 2.44. The van der Waals surface area contributed by atoms with Crippen LogP contribution in [-0.2, 0) is 69.2 Å². The van der Waals surface area contributed by atoms with Gasteiger partial charge in [-0.25, -0.2) is 9.59 Å². The van der Waals surface area contributed by atoms with Crippen LogP contribution in [0, 0.1) is 0 Å². The van der Waals surface area contributed by atoms with Gasteiger partial charge in [-0.2, -0.15) is 0 Å². The van der Waals surface area contributed by atoms with Gasteiger partial charge >= 0.3 is 12.1 Å². The van der Waals surface area contributed by atoms with Gasteiger partial charge in [-0.05, 0) is 44.5 Å². The number of esters is 1. The molecule has 1 aliphatic heterocycles. The molecule has 0 unspecified atom stereocenters. The number of carbonyl (C=O) groups excluding carboxylic acids is 3. The van der Waals surface area contributed by atoms with Gasteiger partial charge in [-0.15, -0.1) is 0 Å². The van der Waals surface area contributed by atoms with Crippen molar-refractivity contribution in [2.75, 3.05) is 19.8 Å². The van der Waals surface area contributed by atoms with Crippen molar-refractivity contribution in [3.05, 3.63) is 216 Å². The van der Waals surface area contributed by atoms with Gasteiger partial charge in [0.2, 0.25) is 5.91 Å². The largest absolute Gasteiger partial charge is 0.460 e. The Morgan fingerprint density at radius 1 is 0.559 bits per heavy atom. The van der Waals surface area contributed by atoms with Crippen LogP contribution < -0.4 is 10.6 Å². The Morgan fingerprint density at radius 3 is 1.56 bits per heavy atom. The number of nitrogens with one attached hydrogen (secondary N) is 2. The van der Waals surface area contributed by atoms with Crippen molar-refractivity contribution in [2.24, 2.45) is 0 Å². The molecule has 0 spiro atoms. The third-order valence-electron chi connectivity index (χ3n) is 11.8. The van der Waals surface area contributed by atoms with Gasteiger partial charge in [-0.3, -0.25) is 4.79 Å². The molecule has 68 heavy (non-hydrogen) atoms. The Hall–Kier alpha value is -6.93. The first-order valence-corrected chi connectivity index (χ1v) is 22.9. The highest BCUT2D eigenvalue weighted by atomic mass is 16.6. The zero-order valence-electron chi connectivity index (χ0n) is 37.7. The molecule has 2 aliphatic rings. The molecule has 350 valence electrons. The molecule has 12 nitrogen and oxygen atoms in total. The van der Waals surface area contributed by atoms with Crippen LogP contribution in [0.1, 0.15) is 45.7 Å². The van der Waals surface area contributed by atoms with Crippen LogP contribution in [0.4, 0.5) is 4.79 Å². The SMILES string of the molecule is C=CCOC(=O)[C@H](CC(=O)N[C@@H]1O[C@H](COCc2ccccc2)[C@@H](OCc2ccccc2)[C@H](OCc2ccccc2)[C@H]1OCc1ccccc1)NC(=O)OCC1c2ccccc2-c2ccccc21. The van der Waals surface area contributed by atoms with Gasteiger partial charge < -0.3 is 43.8 Å². The first-order chi connectivity index (χ1) is 33.4. The molecule has 12 heteroatoms. The van der Waals surface area contributed by atoms with Crippen LogP contribution in [0.3, 0.4) is 0 Å². The summed E-state index contributed by atoms with van der Waals surface area (Å²) >= 11 is 0. The highest BCUT2D eigenvalue weighted by Gasteiger charge is 2.49. The normalized spacial score (nSPS) is 18.9. The van der Waals surface area contributed by atoms with Crippen molar-refractivity contribution in [3.8, 4) is 11.1 Å². The molecule has 1 heterocycles. The Labute approximate surface area is 397 Å². The van der Waals surface area contributed by atoms with E-state index in [2.05, 4.69) is 17.2 Å². The maximum absolute atomic E-state index is 14.4. The molecule has 1 saturated heterocycles. The van der Waals surface area contributed by atoms with Crippen molar-refractivity contribution in [1.82, 2.24) is 10.6 Å². The second kappa shape index (κ2) is 24.2. The van der Waals surface area contributed by atoms with Crippen LogP contribution in [0.2, 0.25) is 0 Å². The molecule has 0 radical (unpaired) electrons. The summed E-state index contributed by atoms with van der Waals surface area (Å²) in [6, 6.07) is 53.4. The van der Waals surface area contributed by atoms with Crippen molar-refractivity contribution >= 4 is 18.0 Å². The molecule has 1 aliphatic carbocycles. The number of benzene rings is 6. The van der Waals surface area contributed by atoms with Crippen molar-refractivity contribution in [3.63, 3.8) is 0 Å². The van der Waals surface area contributed by atoms with Gasteiger partial charge in [0.1, 0.15) is 43.7 Å². The van der Waals surface area contributed by atoms with Crippen LogP contribution >= 0.6 is 0 Å². The zero-order valence-corrected chi connectivity index (χ0v) is 37.7. The maximum atomic E-state index is 14.4. The molecule has 6 atom stereocenters. The summed E-state index contributed by atoms with van der Waals surface area (Å²) in [5, 5.41) is 5.58. The molecule has 0 bridgehead atoms. The van der Waals surface area contributed by atoms with Crippen LogP contribution in [0.25, 0.3) is 11.1 Å². The Morgan fingerprint density at radius 2 is 1.03 bits per heavy atom. The van der Waals surface area contributed by atoms with Gasteiger partial charge in [-0.1, -0.05) is 183 Å². The monoisotopic (exact) mass is 916 g/mol. The van der Waals surface area contributed by atoms with E-state index in [1.54, 1.807) is 0 Å². The molecule has 8 rings (SSSR count). The predicted molar refractivity (Wildman–Crippen MR) is 256 cm³/mol. The smallest absolute Gasteiger partial charge is 0.407 e. The molecule has 6 aromatic carbocycles. The molecule has 6 aromatic rings. The summed E-state index contributed by atoms with van der Waals surface area (Å²) in [5.74, 6) is -1.71. The minimum atomic E-state index is -1.44. The quantitative estimate of drug-likeness (QED) is 0.0502. The maximum Gasteiger partial charge on any atom is 0.407 e. The number of hydrogen-bond donors (Lipinski definition) is 2. The number of fused-ring (bicyclic) bond motifs is 3. The van der Waals surface area contributed by atoms with E-state index < -0.39 is 61.1 Å². The van der Waals surface area contributed by atoms with Gasteiger partial charge in [0.25, 0.3) is 0 Å². The van der Waals surface area contributed by atoms with Crippen LogP contribution in [0.5, 0.6) is 0 Å². The molecular formula is C56H56N2O10. The molecule has 1 fully saturated rings. The molecule has 0 aromatic heterocycles. The minimum absolute atomic E-state index is 0.00242. The Kier molecular flexibility index (Phi) is 16.9. The predicted octanol–water partition coefficient (Wildman–Crippen LogP) is 8.83. The van der Waals surface area contributed by atoms with E-state index in [4.69, 9.17) is 33.2 Å². The third-order valence-corrected chi connectivity index (χ3v) is 11.8. The minimum Gasteiger partial charge on any atom is -0.460 e. The second-order valence-corrected chi connectivity index (χ2v) is 16.6. The van der Waals surface area contributed by atoms with E-state index >= 15 is 0 Å². The standard InChI is InChI=1S/C56H56N2O10/c1-2-31-63-55(60)48(57-56(61)67-37-47-45-29-17-15-27-43(45)44-28-16-18-30-46(44)47)32-50(59)58-54-53(66-36-42-25-13-6-14-26-42)52(65-35-41-23-11-5-12-24-41)51(64-34-40-21-9-4-10-22-40)49(68-54)38-62-33-39-19-7-3-8-20-39/h2-30,47-49,51-54H,1,31-38H2,(H,57,61)(H,58,59)/t48-,49+,51+,52-,53+,54+/m0/s1. The van der Waals surface area contributed by atoms with E-state index in [9.17, 15) is 14.4 Å². The van der Waals surface area contributed by atoms with Crippen LogP contribution in [0.15, 0.2) is 183 Å². The summed E-state index contributed by atoms with van der Waals surface area (Å²) in [5.41, 5.74) is 7.91. The fourth-order valence-corrected chi connectivity index (χ4v) is 8.53. The number of alkyl carbamates (subject to hydrolysis) is 1. The lowest BCUT2D eigenvalue weighted by Gasteiger charge is -2.46. The number of rotatable bonds is 22. The van der Waals surface area contributed by atoms with E-state index in [0.717, 1.165) is 44.5 Å². The Bertz CT molecular complexity index is 2500. The zero-order chi connectivity index (χ0) is 46.9. The molecular weight excluding hydrogens is 861 g/mol. The first-order valence-electron chi connectivity index (χ1n) is 22.9. The van der Waals surface area contributed by atoms with E-state index in [-0.39, 0.29) is 45.6 Å². The Balaban J connectivity index is 1.04. The lowest BCUT2D eigenvalue weighted by Crippen LogP contribution is -2.65. The summed E-state index contributed by atoms with van der Waals surface area (Å²) < 4.78 is 44.5. The molecule has 0 saturated carbocycles. The summed E-state index contributed by atoms with van der Waals surface area (Å²) in [6.07, 6.45) is -4.45. The highest BCUT2D eigenvalue weighted by molar-refractivity contribution is 5.88. The topological polar surface area (TPSA) is 140 Å². The number of ether oxygens (including phenoxy) is 7. The fourth-order valence-electron chi connectivity index (χ4n) is 8.53. The van der Waals surface area contributed by atoms with Crippen LogP contribution in [-0.4, -0.2) is 74.5 Å². The van der Waals surface area contributed by atoms with Crippen molar-refractivity contribution in [1.29, 1.82) is 0 Å². The van der Waals surface area contributed by atoms with Crippen molar-refractivity contribution < 1.29 is 47.5 Å². The summed E-state index contributed by atoms with van der Waals surface area (Å²) in [6.45, 7) is 4.44. The summed E-state index contributed by atoms with van der Waals surface area (Å²) in [7, 11) is 0. The number of carbonyl (C=O) groups is 3. The fraction of sp³-hybridized carbons (Fsp3) is 0.268. The second-order valence-electron chi connectivity index (χ2n) is 16.6. The first kappa shape index (κ1) is 47.6. The number of amides is 2. The van der Waals surface area contributed by atoms with Gasteiger partial charge in [0.15, 0.2) is 6.23 Å². The lowest BCUT2D eigenvalue weighted by molar-refractivity contribution is -0.277. The number of hydrogen-bond acceptors (Lipinski definition) is 10. The van der Waals surface area contributed by atoms with Crippen molar-refractivity contribution in [2.45, 2.75) is 75.5 Å². The van der Waals surface area contributed by atoms with E-state index in [0.29, 0.717) is 6.61 Å². The van der Waals surface area contributed by atoms with E-state index in [1.807, 2.05) is 170 Å². The molecule has 2 amide bonds. The summed E-state index contributed by atoms with van der Waals surface area (Å²) in [4.78, 5) is 41.4. The average Bonchev–Trinajstić information content (AvgIpc) is 3.70. The average molecular weight is 917 g/mol. The van der Waals surface area contributed by atoms with Gasteiger partial charge in [0, 0.05) is 5.92 Å². The van der Waals surface area contributed by atoms with E-state index in [1.165, 1.54) is 6.08 Å². The van der Waals surface area contributed by atoms with Gasteiger partial charge in [0.05, 0.1) is 39.5 Å². The third kappa shape index (κ3) is 12.7.